The zero-order valence-corrected chi connectivity index (χ0v) is 8.47. The van der Waals surface area contributed by atoms with E-state index in [0.29, 0.717) is 12.0 Å². The van der Waals surface area contributed by atoms with Crippen molar-refractivity contribution in [1.29, 1.82) is 0 Å². The Morgan fingerprint density at radius 1 is 1.73 bits per heavy atom. The van der Waals surface area contributed by atoms with Gasteiger partial charge in [0.05, 0.1) is 0 Å². The Morgan fingerprint density at radius 3 is 3.00 bits per heavy atom. The molecule has 0 fully saturated rings. The van der Waals surface area contributed by atoms with Gasteiger partial charge in [0.1, 0.15) is 11.9 Å². The standard InChI is InChI=1S/C8H13ClOS/c1-6-5-11-8(3-4-9)7(2)10-6/h6H,3-5H2,1-2H3. The Morgan fingerprint density at radius 2 is 2.45 bits per heavy atom. The third-order valence-electron chi connectivity index (χ3n) is 1.58. The highest BCUT2D eigenvalue weighted by Crippen LogP contribution is 2.30. The van der Waals surface area contributed by atoms with E-state index in [2.05, 4.69) is 6.92 Å². The van der Waals surface area contributed by atoms with E-state index in [4.69, 9.17) is 16.3 Å². The van der Waals surface area contributed by atoms with Crippen molar-refractivity contribution in [3.63, 3.8) is 0 Å². The van der Waals surface area contributed by atoms with Crippen LogP contribution in [0.4, 0.5) is 0 Å². The van der Waals surface area contributed by atoms with Crippen molar-refractivity contribution in [3.8, 4) is 0 Å². The maximum Gasteiger partial charge on any atom is 0.105 e. The molecule has 0 aromatic carbocycles. The van der Waals surface area contributed by atoms with Crippen LogP contribution in [0.15, 0.2) is 10.7 Å². The predicted molar refractivity (Wildman–Crippen MR) is 51.0 cm³/mol. The van der Waals surface area contributed by atoms with E-state index in [-0.39, 0.29) is 0 Å². The summed E-state index contributed by atoms with van der Waals surface area (Å²) in [5, 5.41) is 0. The smallest absolute Gasteiger partial charge is 0.105 e. The molecular formula is C8H13ClOS. The topological polar surface area (TPSA) is 9.23 Å². The zero-order valence-electron chi connectivity index (χ0n) is 6.89. The molecule has 1 nitrogen and oxygen atoms in total. The van der Waals surface area contributed by atoms with Gasteiger partial charge < -0.3 is 4.74 Å². The van der Waals surface area contributed by atoms with E-state index < -0.39 is 0 Å². The first-order chi connectivity index (χ1) is 5.24. The van der Waals surface area contributed by atoms with E-state index in [0.717, 1.165) is 17.9 Å². The number of rotatable bonds is 2. The second kappa shape index (κ2) is 4.27. The van der Waals surface area contributed by atoms with E-state index in [1.807, 2.05) is 18.7 Å². The Hall–Kier alpha value is 0.180. The summed E-state index contributed by atoms with van der Waals surface area (Å²) in [6.45, 7) is 4.11. The van der Waals surface area contributed by atoms with Gasteiger partial charge in [-0.25, -0.2) is 0 Å². The SMILES string of the molecule is CC1=C(CCCl)SCC(C)O1. The van der Waals surface area contributed by atoms with Crippen LogP contribution in [0.3, 0.4) is 0 Å². The van der Waals surface area contributed by atoms with Crippen molar-refractivity contribution in [3.05, 3.63) is 10.7 Å². The molecule has 1 aliphatic rings. The lowest BCUT2D eigenvalue weighted by atomic mass is 10.3. The van der Waals surface area contributed by atoms with Gasteiger partial charge in [0, 0.05) is 16.5 Å². The number of hydrogen-bond acceptors (Lipinski definition) is 2. The number of alkyl halides is 1. The number of allylic oxidation sites excluding steroid dienone is 2. The Bertz CT molecular complexity index is 167. The molecule has 0 aromatic rings. The Balaban J connectivity index is 2.54. The van der Waals surface area contributed by atoms with E-state index in [1.54, 1.807) is 0 Å². The van der Waals surface area contributed by atoms with Crippen LogP contribution in [0.5, 0.6) is 0 Å². The van der Waals surface area contributed by atoms with Gasteiger partial charge in [0.25, 0.3) is 0 Å². The summed E-state index contributed by atoms with van der Waals surface area (Å²) >= 11 is 7.51. The van der Waals surface area contributed by atoms with Crippen LogP contribution in [0.1, 0.15) is 20.3 Å². The Kier molecular flexibility index (Phi) is 3.60. The highest BCUT2D eigenvalue weighted by molar-refractivity contribution is 8.03. The van der Waals surface area contributed by atoms with Crippen molar-refractivity contribution >= 4 is 23.4 Å². The number of hydrogen-bond donors (Lipinski definition) is 0. The predicted octanol–water partition coefficient (Wildman–Crippen LogP) is 3.00. The van der Waals surface area contributed by atoms with Crippen molar-refractivity contribution in [2.24, 2.45) is 0 Å². The van der Waals surface area contributed by atoms with Crippen molar-refractivity contribution < 1.29 is 4.74 Å². The van der Waals surface area contributed by atoms with Crippen molar-refractivity contribution in [2.75, 3.05) is 11.6 Å². The maximum absolute atomic E-state index is 5.63. The first-order valence-electron chi connectivity index (χ1n) is 3.79. The van der Waals surface area contributed by atoms with Gasteiger partial charge in [-0.05, 0) is 20.3 Å². The lowest BCUT2D eigenvalue weighted by Crippen LogP contribution is -2.15. The first kappa shape index (κ1) is 9.27. The number of ether oxygens (including phenoxy) is 1. The minimum Gasteiger partial charge on any atom is -0.494 e. The zero-order chi connectivity index (χ0) is 8.27. The van der Waals surface area contributed by atoms with Crippen molar-refractivity contribution in [2.45, 2.75) is 26.4 Å². The fourth-order valence-corrected chi connectivity index (χ4v) is 2.36. The molecule has 0 spiro atoms. The summed E-state index contributed by atoms with van der Waals surface area (Å²) < 4.78 is 5.55. The molecule has 0 N–H and O–H groups in total. The van der Waals surface area contributed by atoms with Crippen molar-refractivity contribution in [1.82, 2.24) is 0 Å². The third kappa shape index (κ3) is 2.60. The van der Waals surface area contributed by atoms with Gasteiger partial charge in [0.15, 0.2) is 0 Å². The summed E-state index contributed by atoms with van der Waals surface area (Å²) in [7, 11) is 0. The molecule has 0 amide bonds. The van der Waals surface area contributed by atoms with Crippen LogP contribution in [0.25, 0.3) is 0 Å². The molecule has 0 aliphatic carbocycles. The van der Waals surface area contributed by atoms with Crippen LogP contribution in [0.2, 0.25) is 0 Å². The molecule has 64 valence electrons. The highest BCUT2D eigenvalue weighted by Gasteiger charge is 2.15. The molecule has 3 heteroatoms. The molecule has 0 radical (unpaired) electrons. The van der Waals surface area contributed by atoms with Crippen LogP contribution in [-0.2, 0) is 4.74 Å². The summed E-state index contributed by atoms with van der Waals surface area (Å²) in [5.41, 5.74) is 0. The second-order valence-corrected chi connectivity index (χ2v) is 4.15. The van der Waals surface area contributed by atoms with E-state index in [9.17, 15) is 0 Å². The summed E-state index contributed by atoms with van der Waals surface area (Å²) in [5.74, 6) is 2.82. The fourth-order valence-electron chi connectivity index (χ4n) is 1.06. The number of halogens is 1. The minimum atomic E-state index is 0.360. The fraction of sp³-hybridized carbons (Fsp3) is 0.750. The van der Waals surface area contributed by atoms with Gasteiger partial charge in [0.2, 0.25) is 0 Å². The summed E-state index contributed by atoms with van der Waals surface area (Å²) in [6, 6.07) is 0. The summed E-state index contributed by atoms with van der Waals surface area (Å²) in [4.78, 5) is 1.32. The molecular weight excluding hydrogens is 180 g/mol. The van der Waals surface area contributed by atoms with Gasteiger partial charge in [-0.2, -0.15) is 0 Å². The molecule has 0 aromatic heterocycles. The molecule has 0 bridgehead atoms. The van der Waals surface area contributed by atoms with E-state index in [1.165, 1.54) is 4.91 Å². The molecule has 0 saturated heterocycles. The molecule has 1 unspecified atom stereocenters. The molecule has 1 heterocycles. The second-order valence-electron chi connectivity index (χ2n) is 2.66. The quantitative estimate of drug-likeness (QED) is 0.623. The molecule has 1 aliphatic heterocycles. The lowest BCUT2D eigenvalue weighted by Gasteiger charge is -2.23. The van der Waals surface area contributed by atoms with Crippen LogP contribution in [0, 0.1) is 0 Å². The number of thioether (sulfide) groups is 1. The van der Waals surface area contributed by atoms with E-state index >= 15 is 0 Å². The van der Waals surface area contributed by atoms with Crippen LogP contribution < -0.4 is 0 Å². The van der Waals surface area contributed by atoms with Gasteiger partial charge in [-0.15, -0.1) is 23.4 Å². The van der Waals surface area contributed by atoms with Crippen LogP contribution in [-0.4, -0.2) is 17.7 Å². The molecule has 11 heavy (non-hydrogen) atoms. The third-order valence-corrected chi connectivity index (χ3v) is 3.25. The first-order valence-corrected chi connectivity index (χ1v) is 5.31. The van der Waals surface area contributed by atoms with Gasteiger partial charge in [-0.3, -0.25) is 0 Å². The monoisotopic (exact) mass is 192 g/mol. The molecule has 1 atom stereocenters. The Labute approximate surface area is 77.1 Å². The van der Waals surface area contributed by atoms with Crippen LogP contribution >= 0.6 is 23.4 Å². The average molecular weight is 193 g/mol. The maximum atomic E-state index is 5.63. The molecule has 1 rings (SSSR count). The summed E-state index contributed by atoms with van der Waals surface area (Å²) in [6.07, 6.45) is 1.31. The average Bonchev–Trinajstić information content (AvgIpc) is 1.95. The minimum absolute atomic E-state index is 0.360. The van der Waals surface area contributed by atoms with Gasteiger partial charge >= 0.3 is 0 Å². The molecule has 0 saturated carbocycles. The lowest BCUT2D eigenvalue weighted by molar-refractivity contribution is 0.147. The largest absolute Gasteiger partial charge is 0.494 e. The van der Waals surface area contributed by atoms with Gasteiger partial charge in [-0.1, -0.05) is 0 Å². The highest BCUT2D eigenvalue weighted by atomic mass is 35.5. The normalized spacial score (nSPS) is 25.2.